The van der Waals surface area contributed by atoms with Crippen LogP contribution in [0, 0.1) is 13.8 Å². The van der Waals surface area contributed by atoms with Gasteiger partial charge in [-0.2, -0.15) is 16.8 Å². The molecule has 0 bridgehead atoms. The normalized spacial score (nSPS) is 17.1. The average Bonchev–Trinajstić information content (AvgIpc) is 3.11. The largest absolute Gasteiger partial charge is 0.373 e. The molecule has 0 heterocycles. The maximum atomic E-state index is 12.5. The van der Waals surface area contributed by atoms with Crippen LogP contribution in [0.1, 0.15) is 66.5 Å². The molecule has 0 saturated carbocycles. The van der Waals surface area contributed by atoms with Crippen LogP contribution in [-0.4, -0.2) is 119 Å². The van der Waals surface area contributed by atoms with Crippen LogP contribution in [0.15, 0.2) is 58.3 Å². The predicted molar refractivity (Wildman–Crippen MR) is 201 cm³/mol. The molecule has 0 aliphatic rings. The molecule has 0 radical (unpaired) electrons. The lowest BCUT2D eigenvalue weighted by atomic mass is 10.2. The number of hydrogen-bond acceptors (Lipinski definition) is 13. The van der Waals surface area contributed by atoms with E-state index in [1.54, 1.807) is 38.1 Å². The Morgan fingerprint density at radius 1 is 0.377 bits per heavy atom. The van der Waals surface area contributed by atoms with Crippen molar-refractivity contribution in [2.24, 2.45) is 0 Å². The number of hydrogen-bond donors (Lipinski definition) is 0. The molecule has 0 amide bonds. The van der Waals surface area contributed by atoms with Crippen LogP contribution < -0.4 is 0 Å². The number of benzene rings is 2. The van der Waals surface area contributed by atoms with E-state index >= 15 is 0 Å². The summed E-state index contributed by atoms with van der Waals surface area (Å²) in [5.41, 5.74) is 1.93. The van der Waals surface area contributed by atoms with Gasteiger partial charge in [0.25, 0.3) is 20.2 Å². The van der Waals surface area contributed by atoms with Gasteiger partial charge in [0, 0.05) is 0 Å². The Kier molecular flexibility index (Phi) is 21.2. The van der Waals surface area contributed by atoms with Crippen molar-refractivity contribution >= 4 is 20.2 Å². The molecule has 2 rings (SSSR count). The molecule has 0 fully saturated rings. The van der Waals surface area contributed by atoms with Gasteiger partial charge in [-0.15, -0.1) is 0 Å². The van der Waals surface area contributed by atoms with Crippen molar-refractivity contribution in [1.29, 1.82) is 0 Å². The Bertz CT molecular complexity index is 1500. The minimum Gasteiger partial charge on any atom is -0.373 e. The zero-order valence-electron chi connectivity index (χ0n) is 33.0. The smallest absolute Gasteiger partial charge is 0.297 e. The van der Waals surface area contributed by atoms with Crippen molar-refractivity contribution < 1.29 is 58.4 Å². The monoisotopic (exact) mass is 790 g/mol. The van der Waals surface area contributed by atoms with Crippen LogP contribution in [0.5, 0.6) is 0 Å². The molecular weight excluding hydrogens is 729 g/mol. The molecule has 13 nitrogen and oxygen atoms in total. The summed E-state index contributed by atoms with van der Waals surface area (Å²) in [4.78, 5) is 0.223. The summed E-state index contributed by atoms with van der Waals surface area (Å²) in [6.45, 7) is 20.6. The fraction of sp³-hybridized carbons (Fsp3) is 0.684. The van der Waals surface area contributed by atoms with Crippen LogP contribution >= 0.6 is 0 Å². The number of ether oxygens (including phenoxy) is 7. The lowest BCUT2D eigenvalue weighted by Crippen LogP contribution is -2.30. The quantitative estimate of drug-likeness (QED) is 0.0980. The van der Waals surface area contributed by atoms with Gasteiger partial charge in [-0.25, -0.2) is 0 Å². The summed E-state index contributed by atoms with van der Waals surface area (Å²) in [5.74, 6) is 0. The van der Waals surface area contributed by atoms with E-state index in [0.29, 0.717) is 33.0 Å². The van der Waals surface area contributed by atoms with Crippen molar-refractivity contribution in [2.45, 2.75) is 128 Å². The van der Waals surface area contributed by atoms with Gasteiger partial charge in [-0.3, -0.25) is 8.37 Å². The van der Waals surface area contributed by atoms with Gasteiger partial charge in [0.2, 0.25) is 0 Å². The van der Waals surface area contributed by atoms with Crippen molar-refractivity contribution in [3.05, 3.63) is 59.7 Å². The van der Waals surface area contributed by atoms with Gasteiger partial charge < -0.3 is 33.2 Å². The molecule has 2 aromatic rings. The lowest BCUT2D eigenvalue weighted by Gasteiger charge is -2.23. The maximum Gasteiger partial charge on any atom is 0.297 e. The Morgan fingerprint density at radius 3 is 0.925 bits per heavy atom. The minimum atomic E-state index is -3.87. The first-order valence-corrected chi connectivity index (χ1v) is 20.9. The van der Waals surface area contributed by atoms with Gasteiger partial charge in [0.05, 0.1) is 111 Å². The molecule has 8 atom stereocenters. The zero-order valence-corrected chi connectivity index (χ0v) is 34.7. The summed E-state index contributed by atoms with van der Waals surface area (Å²) < 4.78 is 101. The average molecular weight is 791 g/mol. The van der Waals surface area contributed by atoms with Crippen LogP contribution in [0.4, 0.5) is 0 Å². The topological polar surface area (TPSA) is 151 Å². The van der Waals surface area contributed by atoms with Crippen LogP contribution in [0.2, 0.25) is 0 Å². The third-order valence-electron chi connectivity index (χ3n) is 7.68. The molecule has 0 saturated heterocycles. The Hall–Kier alpha value is -2.02. The summed E-state index contributed by atoms with van der Waals surface area (Å²) in [7, 11) is -7.72. The van der Waals surface area contributed by atoms with Crippen LogP contribution in [0.3, 0.4) is 0 Å². The van der Waals surface area contributed by atoms with E-state index in [9.17, 15) is 16.8 Å². The molecule has 2 aromatic carbocycles. The van der Waals surface area contributed by atoms with E-state index in [1.165, 1.54) is 24.3 Å². The van der Waals surface area contributed by atoms with E-state index in [-0.39, 0.29) is 66.2 Å². The molecule has 15 heteroatoms. The van der Waals surface area contributed by atoms with E-state index < -0.39 is 32.4 Å². The molecule has 304 valence electrons. The Morgan fingerprint density at radius 2 is 0.623 bits per heavy atom. The maximum absolute atomic E-state index is 12.5. The molecular formula is C38H62O13S2. The first-order chi connectivity index (χ1) is 24.9. The van der Waals surface area contributed by atoms with Crippen molar-refractivity contribution in [3.63, 3.8) is 0 Å². The van der Waals surface area contributed by atoms with Crippen molar-refractivity contribution in [2.75, 3.05) is 52.9 Å². The standard InChI is InChI=1S/C38H62O13S2/c1-27-11-15-37(16-12-27)52(39,40)50-26-35(9)48-24-33(7)46-22-31(5)44-20-29(3)43-19-30(4)45-21-32(6)47-23-34(8)49-25-36(10)51-53(41,42)38-17-13-28(2)14-18-38/h11-18,29-36H,19-26H2,1-10H3. The third kappa shape index (κ3) is 19.9. The molecule has 53 heavy (non-hydrogen) atoms. The van der Waals surface area contributed by atoms with Crippen molar-refractivity contribution in [1.82, 2.24) is 0 Å². The summed E-state index contributed by atoms with van der Waals surface area (Å²) in [6.07, 6.45) is -2.30. The van der Waals surface area contributed by atoms with Crippen LogP contribution in [0.25, 0.3) is 0 Å². The molecule has 0 aliphatic heterocycles. The fourth-order valence-corrected chi connectivity index (χ4v) is 6.44. The molecule has 8 unspecified atom stereocenters. The molecule has 0 aliphatic carbocycles. The fourth-order valence-electron chi connectivity index (χ4n) is 4.40. The third-order valence-corrected chi connectivity index (χ3v) is 10.4. The highest BCUT2D eigenvalue weighted by atomic mass is 32.2. The molecule has 0 spiro atoms. The van der Waals surface area contributed by atoms with E-state index in [1.807, 2.05) is 55.4 Å². The highest BCUT2D eigenvalue weighted by Crippen LogP contribution is 2.16. The second-order valence-corrected chi connectivity index (χ2v) is 16.9. The highest BCUT2D eigenvalue weighted by Gasteiger charge is 2.21. The number of rotatable bonds is 28. The molecule has 0 aromatic heterocycles. The first kappa shape index (κ1) is 47.1. The van der Waals surface area contributed by atoms with E-state index in [4.69, 9.17) is 41.5 Å². The predicted octanol–water partition coefficient (Wildman–Crippen LogP) is 5.64. The summed E-state index contributed by atoms with van der Waals surface area (Å²) in [6, 6.07) is 13.0. The van der Waals surface area contributed by atoms with Crippen molar-refractivity contribution in [3.8, 4) is 0 Å². The van der Waals surface area contributed by atoms with Gasteiger partial charge >= 0.3 is 0 Å². The highest BCUT2D eigenvalue weighted by molar-refractivity contribution is 7.87. The lowest BCUT2D eigenvalue weighted by molar-refractivity contribution is -0.107. The van der Waals surface area contributed by atoms with Gasteiger partial charge in [0.15, 0.2) is 0 Å². The summed E-state index contributed by atoms with van der Waals surface area (Å²) in [5, 5.41) is 0. The SMILES string of the molecule is Cc1ccc(S(=O)(=O)OCC(C)OCC(C)OCC(C)OCC(C)OCC(C)OCC(C)OCC(C)OCC(C)OS(=O)(=O)c2ccc(C)cc2)cc1. The Balaban J connectivity index is 1.51. The van der Waals surface area contributed by atoms with Crippen LogP contribution in [-0.2, 0) is 61.8 Å². The van der Waals surface area contributed by atoms with E-state index in [2.05, 4.69) is 0 Å². The van der Waals surface area contributed by atoms with E-state index in [0.717, 1.165) is 11.1 Å². The molecule has 0 N–H and O–H groups in total. The first-order valence-electron chi connectivity index (χ1n) is 18.1. The van der Waals surface area contributed by atoms with Gasteiger partial charge in [-0.05, 0) is 93.5 Å². The van der Waals surface area contributed by atoms with Gasteiger partial charge in [-0.1, -0.05) is 35.4 Å². The van der Waals surface area contributed by atoms with Gasteiger partial charge in [0.1, 0.15) is 0 Å². The minimum absolute atomic E-state index is 0.0967. The second-order valence-electron chi connectivity index (χ2n) is 13.7. The second kappa shape index (κ2) is 23.8. The summed E-state index contributed by atoms with van der Waals surface area (Å²) >= 11 is 0. The number of aryl methyl sites for hydroxylation is 2. The zero-order chi connectivity index (χ0) is 39.6. The Labute approximate surface area is 318 Å².